The summed E-state index contributed by atoms with van der Waals surface area (Å²) in [6.07, 6.45) is 3.18. The molecular formula is C14H10ClN3O. The van der Waals surface area contributed by atoms with Crippen LogP contribution in [0.2, 0.25) is 5.02 Å². The minimum Gasteiger partial charge on any atom is -0.296 e. The van der Waals surface area contributed by atoms with E-state index < -0.39 is 0 Å². The minimum absolute atomic E-state index is 0.138. The van der Waals surface area contributed by atoms with E-state index in [0.29, 0.717) is 16.4 Å². The first-order valence-electron chi connectivity index (χ1n) is 5.73. The molecule has 0 spiro atoms. The van der Waals surface area contributed by atoms with E-state index in [1.165, 1.54) is 10.9 Å². The smallest absolute Gasteiger partial charge is 0.280 e. The average molecular weight is 272 g/mol. The van der Waals surface area contributed by atoms with Crippen molar-refractivity contribution in [2.45, 2.75) is 0 Å². The van der Waals surface area contributed by atoms with E-state index in [9.17, 15) is 4.79 Å². The van der Waals surface area contributed by atoms with Crippen LogP contribution in [0.25, 0.3) is 16.9 Å². The van der Waals surface area contributed by atoms with Crippen LogP contribution in [-0.2, 0) is 0 Å². The molecule has 5 heteroatoms. The SMILES string of the molecule is O=c1c(-c2ccccc2)c[nH]n1-c1ccc(Cl)cn1. The van der Waals surface area contributed by atoms with Gasteiger partial charge in [0.05, 0.1) is 10.6 Å². The van der Waals surface area contributed by atoms with Gasteiger partial charge in [0.2, 0.25) is 0 Å². The van der Waals surface area contributed by atoms with Gasteiger partial charge in [0.25, 0.3) is 5.56 Å². The Morgan fingerprint density at radius 1 is 1.11 bits per heavy atom. The molecule has 2 heterocycles. The maximum absolute atomic E-state index is 12.3. The summed E-state index contributed by atoms with van der Waals surface area (Å²) in [5.41, 5.74) is 1.34. The largest absolute Gasteiger partial charge is 0.296 e. The van der Waals surface area contributed by atoms with Gasteiger partial charge in [-0.15, -0.1) is 0 Å². The van der Waals surface area contributed by atoms with E-state index in [1.54, 1.807) is 18.3 Å². The molecule has 94 valence electrons. The van der Waals surface area contributed by atoms with Gasteiger partial charge in [-0.25, -0.2) is 9.67 Å². The van der Waals surface area contributed by atoms with Crippen LogP contribution in [-0.4, -0.2) is 14.8 Å². The topological polar surface area (TPSA) is 50.7 Å². The van der Waals surface area contributed by atoms with Crippen LogP contribution in [0.3, 0.4) is 0 Å². The van der Waals surface area contributed by atoms with Crippen molar-refractivity contribution in [3.05, 3.63) is 70.2 Å². The van der Waals surface area contributed by atoms with E-state index in [2.05, 4.69) is 10.1 Å². The predicted octanol–water partition coefficient (Wildman–Crippen LogP) is 2.88. The molecule has 0 fully saturated rings. The fourth-order valence-corrected chi connectivity index (χ4v) is 1.98. The molecule has 3 aromatic rings. The number of H-pyrrole nitrogens is 1. The summed E-state index contributed by atoms with van der Waals surface area (Å²) in [7, 11) is 0. The molecule has 0 amide bonds. The molecule has 4 nitrogen and oxygen atoms in total. The molecule has 0 radical (unpaired) electrons. The van der Waals surface area contributed by atoms with Crippen LogP contribution in [0, 0.1) is 0 Å². The monoisotopic (exact) mass is 271 g/mol. The molecular weight excluding hydrogens is 262 g/mol. The highest BCUT2D eigenvalue weighted by molar-refractivity contribution is 6.30. The molecule has 0 aliphatic heterocycles. The summed E-state index contributed by atoms with van der Waals surface area (Å²) in [6.45, 7) is 0. The van der Waals surface area contributed by atoms with E-state index >= 15 is 0 Å². The molecule has 0 saturated heterocycles. The van der Waals surface area contributed by atoms with E-state index in [1.807, 2.05) is 30.3 Å². The summed E-state index contributed by atoms with van der Waals surface area (Å²) >= 11 is 5.78. The first kappa shape index (κ1) is 11.7. The lowest BCUT2D eigenvalue weighted by Gasteiger charge is -1.99. The zero-order valence-corrected chi connectivity index (χ0v) is 10.6. The van der Waals surface area contributed by atoms with Crippen molar-refractivity contribution in [3.8, 4) is 16.9 Å². The van der Waals surface area contributed by atoms with Crippen molar-refractivity contribution < 1.29 is 0 Å². The van der Waals surface area contributed by atoms with Crippen LogP contribution < -0.4 is 5.56 Å². The Kier molecular flexibility index (Phi) is 2.93. The second-order valence-electron chi connectivity index (χ2n) is 4.03. The molecule has 0 unspecified atom stereocenters. The standard InChI is InChI=1S/C14H10ClN3O/c15-11-6-7-13(16-8-11)18-14(19)12(9-17-18)10-4-2-1-3-5-10/h1-9,17H. The van der Waals surface area contributed by atoms with Gasteiger partial charge in [-0.05, 0) is 17.7 Å². The highest BCUT2D eigenvalue weighted by Gasteiger charge is 2.09. The Morgan fingerprint density at radius 2 is 1.89 bits per heavy atom. The number of rotatable bonds is 2. The molecule has 0 aliphatic carbocycles. The van der Waals surface area contributed by atoms with Crippen LogP contribution in [0.15, 0.2) is 59.7 Å². The summed E-state index contributed by atoms with van der Waals surface area (Å²) in [4.78, 5) is 16.4. The third-order valence-electron chi connectivity index (χ3n) is 2.80. The van der Waals surface area contributed by atoms with Gasteiger partial charge < -0.3 is 0 Å². The highest BCUT2D eigenvalue weighted by Crippen LogP contribution is 2.15. The Hall–Kier alpha value is -2.33. The fourth-order valence-electron chi connectivity index (χ4n) is 1.86. The van der Waals surface area contributed by atoms with Crippen molar-refractivity contribution in [2.75, 3.05) is 0 Å². The lowest BCUT2D eigenvalue weighted by molar-refractivity contribution is 0.819. The number of nitrogens with zero attached hydrogens (tertiary/aromatic N) is 2. The molecule has 0 atom stereocenters. The summed E-state index contributed by atoms with van der Waals surface area (Å²) in [5, 5.41) is 3.44. The molecule has 1 N–H and O–H groups in total. The van der Waals surface area contributed by atoms with Crippen LogP contribution in [0.5, 0.6) is 0 Å². The Bertz CT molecular complexity index is 744. The zero-order chi connectivity index (χ0) is 13.2. The summed E-state index contributed by atoms with van der Waals surface area (Å²) in [6, 6.07) is 12.9. The van der Waals surface area contributed by atoms with Gasteiger partial charge in [0.1, 0.15) is 0 Å². The molecule has 0 saturated carbocycles. The summed E-state index contributed by atoms with van der Waals surface area (Å²) in [5.74, 6) is 0.511. The number of aromatic amines is 1. The number of pyridine rings is 1. The third kappa shape index (κ3) is 2.18. The van der Waals surface area contributed by atoms with Gasteiger partial charge in [0.15, 0.2) is 5.82 Å². The lowest BCUT2D eigenvalue weighted by atomic mass is 10.1. The van der Waals surface area contributed by atoms with Crippen molar-refractivity contribution in [3.63, 3.8) is 0 Å². The Balaban J connectivity index is 2.09. The number of aromatic nitrogens is 3. The van der Waals surface area contributed by atoms with Gasteiger partial charge >= 0.3 is 0 Å². The van der Waals surface area contributed by atoms with Gasteiger partial charge in [-0.1, -0.05) is 41.9 Å². The molecule has 0 bridgehead atoms. The maximum Gasteiger partial charge on any atom is 0.280 e. The van der Waals surface area contributed by atoms with Crippen molar-refractivity contribution in [2.24, 2.45) is 0 Å². The van der Waals surface area contributed by atoms with Crippen molar-refractivity contribution in [1.29, 1.82) is 0 Å². The quantitative estimate of drug-likeness (QED) is 0.779. The lowest BCUT2D eigenvalue weighted by Crippen LogP contribution is -2.16. The Morgan fingerprint density at radius 3 is 2.58 bits per heavy atom. The van der Waals surface area contributed by atoms with Gasteiger partial charge in [-0.2, -0.15) is 0 Å². The number of hydrogen-bond donors (Lipinski definition) is 1. The second kappa shape index (κ2) is 4.74. The van der Waals surface area contributed by atoms with Crippen LogP contribution >= 0.6 is 11.6 Å². The molecule has 3 rings (SSSR count). The van der Waals surface area contributed by atoms with Crippen LogP contribution in [0.1, 0.15) is 0 Å². The number of halogens is 1. The number of nitrogens with one attached hydrogen (secondary N) is 1. The van der Waals surface area contributed by atoms with Gasteiger partial charge in [0, 0.05) is 12.4 Å². The van der Waals surface area contributed by atoms with Crippen molar-refractivity contribution >= 4 is 11.6 Å². The highest BCUT2D eigenvalue weighted by atomic mass is 35.5. The zero-order valence-electron chi connectivity index (χ0n) is 9.88. The first-order valence-corrected chi connectivity index (χ1v) is 6.11. The van der Waals surface area contributed by atoms with Crippen molar-refractivity contribution in [1.82, 2.24) is 14.8 Å². The number of hydrogen-bond acceptors (Lipinski definition) is 2. The molecule has 2 aromatic heterocycles. The maximum atomic E-state index is 12.3. The molecule has 1 aromatic carbocycles. The fraction of sp³-hybridized carbons (Fsp3) is 0. The van der Waals surface area contributed by atoms with Gasteiger partial charge in [-0.3, -0.25) is 9.89 Å². The van der Waals surface area contributed by atoms with E-state index in [-0.39, 0.29) is 5.56 Å². The van der Waals surface area contributed by atoms with E-state index in [4.69, 9.17) is 11.6 Å². The first-order chi connectivity index (χ1) is 9.25. The minimum atomic E-state index is -0.138. The van der Waals surface area contributed by atoms with Crippen LogP contribution in [0.4, 0.5) is 0 Å². The number of benzene rings is 1. The third-order valence-corrected chi connectivity index (χ3v) is 3.02. The molecule has 0 aliphatic rings. The molecule has 19 heavy (non-hydrogen) atoms. The second-order valence-corrected chi connectivity index (χ2v) is 4.46. The Labute approximate surface area is 114 Å². The summed E-state index contributed by atoms with van der Waals surface area (Å²) < 4.78 is 1.39. The van der Waals surface area contributed by atoms with E-state index in [0.717, 1.165) is 5.56 Å². The average Bonchev–Trinajstić information content (AvgIpc) is 2.83. The normalized spacial score (nSPS) is 10.6. The predicted molar refractivity (Wildman–Crippen MR) is 74.6 cm³/mol.